The zero-order valence-electron chi connectivity index (χ0n) is 15.7. The largest absolute Gasteiger partial charge is 0.373 e. The highest BCUT2D eigenvalue weighted by atomic mass is 16.2. The number of hydrogen-bond donors (Lipinski definition) is 2. The molecule has 0 unspecified atom stereocenters. The molecule has 1 aromatic rings. The molecule has 24 heavy (non-hydrogen) atoms. The molecule has 1 aliphatic carbocycles. The zero-order chi connectivity index (χ0) is 17.9. The van der Waals surface area contributed by atoms with Crippen molar-refractivity contribution in [2.75, 3.05) is 5.32 Å². The second kappa shape index (κ2) is 7.20. The van der Waals surface area contributed by atoms with Gasteiger partial charge in [0.15, 0.2) is 0 Å². The van der Waals surface area contributed by atoms with Gasteiger partial charge in [-0.15, -0.1) is 0 Å². The Balaban J connectivity index is 2.02. The maximum Gasteiger partial charge on any atom is 0.262 e. The van der Waals surface area contributed by atoms with E-state index in [1.807, 2.05) is 39.0 Å². The molecule has 0 bridgehead atoms. The van der Waals surface area contributed by atoms with Crippen LogP contribution in [0.15, 0.2) is 34.9 Å². The van der Waals surface area contributed by atoms with Crippen LogP contribution in [0, 0.1) is 19.3 Å². The number of para-hydroxylation sites is 1. The second-order valence-corrected chi connectivity index (χ2v) is 7.72. The number of hydrazone groups is 1. The number of benzene rings is 1. The molecular formula is C20H29N3O. The van der Waals surface area contributed by atoms with Gasteiger partial charge in [0.25, 0.3) is 5.91 Å². The van der Waals surface area contributed by atoms with Gasteiger partial charge >= 0.3 is 0 Å². The fourth-order valence-electron chi connectivity index (χ4n) is 3.31. The fraction of sp³-hybridized carbons (Fsp3) is 0.500. The first-order chi connectivity index (χ1) is 11.2. The van der Waals surface area contributed by atoms with Crippen LogP contribution in [0.3, 0.4) is 0 Å². The number of rotatable bonds is 4. The first-order valence-corrected chi connectivity index (χ1v) is 8.54. The van der Waals surface area contributed by atoms with Crippen LogP contribution in [0.2, 0.25) is 0 Å². The first-order valence-electron chi connectivity index (χ1n) is 8.54. The van der Waals surface area contributed by atoms with Crippen molar-refractivity contribution in [3.05, 3.63) is 41.0 Å². The predicted octanol–water partition coefficient (Wildman–Crippen LogP) is 4.34. The van der Waals surface area contributed by atoms with Crippen LogP contribution in [0.5, 0.6) is 0 Å². The summed E-state index contributed by atoms with van der Waals surface area (Å²) in [7, 11) is 0. The first kappa shape index (κ1) is 18.2. The lowest BCUT2D eigenvalue weighted by molar-refractivity contribution is -0.121. The van der Waals surface area contributed by atoms with Crippen molar-refractivity contribution in [2.24, 2.45) is 10.5 Å². The van der Waals surface area contributed by atoms with Crippen LogP contribution >= 0.6 is 0 Å². The average Bonchev–Trinajstić information content (AvgIpc) is 2.46. The maximum absolute atomic E-state index is 12.4. The quantitative estimate of drug-likeness (QED) is 0.808. The van der Waals surface area contributed by atoms with Crippen LogP contribution in [0.25, 0.3) is 0 Å². The Bertz CT molecular complexity index is 666. The summed E-state index contributed by atoms with van der Waals surface area (Å²) in [6, 6.07) is 5.75. The van der Waals surface area contributed by atoms with Gasteiger partial charge in [0.05, 0.1) is 5.71 Å². The number of nitrogens with one attached hydrogen (secondary N) is 2. The van der Waals surface area contributed by atoms with Crippen LogP contribution in [-0.4, -0.2) is 17.7 Å². The van der Waals surface area contributed by atoms with Gasteiger partial charge < -0.3 is 5.32 Å². The van der Waals surface area contributed by atoms with E-state index in [2.05, 4.69) is 42.7 Å². The van der Waals surface area contributed by atoms with Gasteiger partial charge in [0.1, 0.15) is 6.04 Å². The molecule has 4 heteroatoms. The third-order valence-electron chi connectivity index (χ3n) is 4.38. The number of hydrogen-bond acceptors (Lipinski definition) is 3. The standard InChI is InChI=1S/C20H29N3O/c1-13-10-17(12-20(5,6)11-13)22-23-19(24)16(4)21-18-14(2)8-7-9-15(18)3/h7-10,16,21H,11-12H2,1-6H3,(H,23,24)/t16-/m0/s1. The molecule has 2 rings (SSSR count). The Labute approximate surface area is 145 Å². The Kier molecular flexibility index (Phi) is 5.47. The number of nitrogens with zero attached hydrogens (tertiary/aromatic N) is 1. The Morgan fingerprint density at radius 3 is 2.38 bits per heavy atom. The number of carbonyl (C=O) groups is 1. The molecule has 0 aliphatic heterocycles. The van der Waals surface area contributed by atoms with Crippen LogP contribution in [0.1, 0.15) is 51.7 Å². The predicted molar refractivity (Wildman–Crippen MR) is 101 cm³/mol. The average molecular weight is 327 g/mol. The fourth-order valence-corrected chi connectivity index (χ4v) is 3.31. The van der Waals surface area contributed by atoms with E-state index in [-0.39, 0.29) is 17.4 Å². The smallest absolute Gasteiger partial charge is 0.262 e. The zero-order valence-corrected chi connectivity index (χ0v) is 15.7. The van der Waals surface area contributed by atoms with E-state index in [1.54, 1.807) is 0 Å². The molecular weight excluding hydrogens is 298 g/mol. The molecule has 0 radical (unpaired) electrons. The summed E-state index contributed by atoms with van der Waals surface area (Å²) in [6.07, 6.45) is 4.03. The summed E-state index contributed by atoms with van der Waals surface area (Å²) in [5.41, 5.74) is 8.44. The molecule has 0 fully saturated rings. The SMILES string of the molecule is CC1=CC(=NNC(=O)[C@H](C)Nc2c(C)cccc2C)CC(C)(C)C1. The molecule has 1 aromatic carbocycles. The summed E-state index contributed by atoms with van der Waals surface area (Å²) in [5, 5.41) is 7.63. The van der Waals surface area contributed by atoms with Gasteiger partial charge in [-0.05, 0) is 63.2 Å². The van der Waals surface area contributed by atoms with Crippen molar-refractivity contribution >= 4 is 17.3 Å². The van der Waals surface area contributed by atoms with Crippen molar-refractivity contribution in [1.82, 2.24) is 5.43 Å². The highest BCUT2D eigenvalue weighted by Gasteiger charge is 2.25. The number of carbonyl (C=O) groups excluding carboxylic acids is 1. The molecule has 0 saturated carbocycles. The molecule has 0 heterocycles. The number of anilines is 1. The summed E-state index contributed by atoms with van der Waals surface area (Å²) < 4.78 is 0. The highest BCUT2D eigenvalue weighted by Crippen LogP contribution is 2.33. The number of allylic oxidation sites excluding steroid dienone is 2. The van der Waals surface area contributed by atoms with Crippen molar-refractivity contribution in [2.45, 2.75) is 60.4 Å². The molecule has 0 saturated heterocycles. The van der Waals surface area contributed by atoms with E-state index in [0.29, 0.717) is 0 Å². The highest BCUT2D eigenvalue weighted by molar-refractivity contribution is 5.97. The third kappa shape index (κ3) is 4.70. The minimum Gasteiger partial charge on any atom is -0.373 e. The lowest BCUT2D eigenvalue weighted by atomic mass is 9.77. The van der Waals surface area contributed by atoms with E-state index < -0.39 is 0 Å². The molecule has 1 aliphatic rings. The maximum atomic E-state index is 12.4. The summed E-state index contributed by atoms with van der Waals surface area (Å²) in [4.78, 5) is 12.4. The monoisotopic (exact) mass is 327 g/mol. The Hall–Kier alpha value is -2.10. The minimum atomic E-state index is -0.351. The molecule has 1 atom stereocenters. The normalized spacial score (nSPS) is 19.6. The summed E-state index contributed by atoms with van der Waals surface area (Å²) in [5.74, 6) is -0.125. The molecule has 0 aromatic heterocycles. The number of aryl methyl sites for hydroxylation is 2. The lowest BCUT2D eigenvalue weighted by Crippen LogP contribution is -2.36. The van der Waals surface area contributed by atoms with Gasteiger partial charge in [-0.1, -0.05) is 37.6 Å². The van der Waals surface area contributed by atoms with Gasteiger partial charge in [-0.25, -0.2) is 5.43 Å². The molecule has 2 N–H and O–H groups in total. The second-order valence-electron chi connectivity index (χ2n) is 7.72. The van der Waals surface area contributed by atoms with Crippen molar-refractivity contribution in [3.63, 3.8) is 0 Å². The van der Waals surface area contributed by atoms with Gasteiger partial charge in [-0.2, -0.15) is 5.10 Å². The number of amides is 1. The molecule has 130 valence electrons. The third-order valence-corrected chi connectivity index (χ3v) is 4.38. The summed E-state index contributed by atoms with van der Waals surface area (Å²) >= 11 is 0. The minimum absolute atomic E-state index is 0.125. The van der Waals surface area contributed by atoms with Crippen LogP contribution in [0.4, 0.5) is 5.69 Å². The Morgan fingerprint density at radius 1 is 1.17 bits per heavy atom. The van der Waals surface area contributed by atoms with Gasteiger partial charge in [-0.3, -0.25) is 4.79 Å². The van der Waals surface area contributed by atoms with E-state index in [1.165, 1.54) is 5.57 Å². The van der Waals surface area contributed by atoms with Crippen molar-refractivity contribution < 1.29 is 4.79 Å². The van der Waals surface area contributed by atoms with E-state index in [0.717, 1.165) is 35.4 Å². The lowest BCUT2D eigenvalue weighted by Gasteiger charge is -2.29. The van der Waals surface area contributed by atoms with Crippen LogP contribution < -0.4 is 10.7 Å². The topological polar surface area (TPSA) is 53.5 Å². The van der Waals surface area contributed by atoms with Gasteiger partial charge in [0, 0.05) is 5.69 Å². The van der Waals surface area contributed by atoms with Crippen LogP contribution in [-0.2, 0) is 4.79 Å². The molecule has 4 nitrogen and oxygen atoms in total. The Morgan fingerprint density at radius 2 is 1.79 bits per heavy atom. The summed E-state index contributed by atoms with van der Waals surface area (Å²) in [6.45, 7) is 12.5. The van der Waals surface area contributed by atoms with Crippen molar-refractivity contribution in [1.29, 1.82) is 0 Å². The molecule has 0 spiro atoms. The van der Waals surface area contributed by atoms with E-state index in [9.17, 15) is 4.79 Å². The van der Waals surface area contributed by atoms with E-state index in [4.69, 9.17) is 0 Å². The van der Waals surface area contributed by atoms with Crippen molar-refractivity contribution in [3.8, 4) is 0 Å². The van der Waals surface area contributed by atoms with E-state index >= 15 is 0 Å². The molecule has 1 amide bonds. The van der Waals surface area contributed by atoms with Gasteiger partial charge in [0.2, 0.25) is 0 Å².